The molecule has 112 valence electrons. The van der Waals surface area contributed by atoms with E-state index in [1.165, 1.54) is 5.56 Å². The monoisotopic (exact) mass is 297 g/mol. The summed E-state index contributed by atoms with van der Waals surface area (Å²) < 4.78 is 0. The lowest BCUT2D eigenvalue weighted by atomic mass is 10.0. The normalized spacial score (nSPS) is 19.4. The molecule has 1 heterocycles. The van der Waals surface area contributed by atoms with E-state index >= 15 is 0 Å². The Morgan fingerprint density at radius 2 is 2.15 bits per heavy atom. The number of nitrogens with zero attached hydrogens (tertiary/aromatic N) is 2. The Morgan fingerprint density at radius 3 is 2.75 bits per heavy atom. The largest absolute Gasteiger partial charge is 0.378 e. The highest BCUT2D eigenvalue weighted by Crippen LogP contribution is 2.33. The zero-order valence-electron chi connectivity index (χ0n) is 12.4. The summed E-state index contributed by atoms with van der Waals surface area (Å²) in [6.07, 6.45) is 2.07. The molecule has 0 aromatic heterocycles. The first-order valence-electron chi connectivity index (χ1n) is 6.84. The van der Waals surface area contributed by atoms with Gasteiger partial charge in [-0.25, -0.2) is 0 Å². The second kappa shape index (κ2) is 6.95. The molecule has 5 heteroatoms. The van der Waals surface area contributed by atoms with E-state index in [9.17, 15) is 4.79 Å². The SMILES string of the molecule is CC(N)C(=O)N1CCCC1c1cccc(N(C)C)c1.Cl. The summed E-state index contributed by atoms with van der Waals surface area (Å²) in [5.41, 5.74) is 8.11. The number of rotatable bonds is 3. The van der Waals surface area contributed by atoms with Crippen LogP contribution in [0.5, 0.6) is 0 Å². The molecule has 1 aromatic rings. The van der Waals surface area contributed by atoms with Gasteiger partial charge in [-0.15, -0.1) is 12.4 Å². The van der Waals surface area contributed by atoms with Crippen LogP contribution in [-0.4, -0.2) is 37.5 Å². The molecule has 2 rings (SSSR count). The van der Waals surface area contributed by atoms with Crippen molar-refractivity contribution in [3.63, 3.8) is 0 Å². The summed E-state index contributed by atoms with van der Waals surface area (Å²) in [5.74, 6) is 0.0535. The van der Waals surface area contributed by atoms with Crippen LogP contribution in [0.4, 0.5) is 5.69 Å². The lowest BCUT2D eigenvalue weighted by molar-refractivity contribution is -0.133. The molecule has 2 N–H and O–H groups in total. The summed E-state index contributed by atoms with van der Waals surface area (Å²) in [4.78, 5) is 16.1. The Balaban J connectivity index is 0.00000200. The molecule has 2 atom stereocenters. The second-order valence-corrected chi connectivity index (χ2v) is 5.47. The molecule has 4 nitrogen and oxygen atoms in total. The minimum atomic E-state index is -0.419. The van der Waals surface area contributed by atoms with E-state index in [-0.39, 0.29) is 24.4 Å². The Kier molecular flexibility index (Phi) is 5.84. The molecule has 1 aliphatic heterocycles. The zero-order chi connectivity index (χ0) is 14.0. The van der Waals surface area contributed by atoms with E-state index < -0.39 is 6.04 Å². The van der Waals surface area contributed by atoms with Crippen LogP contribution in [0, 0.1) is 0 Å². The third-order valence-corrected chi connectivity index (χ3v) is 3.70. The van der Waals surface area contributed by atoms with Crippen molar-refractivity contribution in [3.05, 3.63) is 29.8 Å². The van der Waals surface area contributed by atoms with Gasteiger partial charge in [0.1, 0.15) is 0 Å². The van der Waals surface area contributed by atoms with Crippen LogP contribution >= 0.6 is 12.4 Å². The quantitative estimate of drug-likeness (QED) is 0.930. The Bertz CT molecular complexity index is 462. The highest BCUT2D eigenvalue weighted by molar-refractivity contribution is 5.85. The zero-order valence-corrected chi connectivity index (χ0v) is 13.2. The van der Waals surface area contributed by atoms with Gasteiger partial charge >= 0.3 is 0 Å². The van der Waals surface area contributed by atoms with Gasteiger partial charge in [0, 0.05) is 26.3 Å². The summed E-state index contributed by atoms with van der Waals surface area (Å²) >= 11 is 0. The number of benzene rings is 1. The maximum atomic E-state index is 12.1. The van der Waals surface area contributed by atoms with E-state index in [1.54, 1.807) is 6.92 Å². The van der Waals surface area contributed by atoms with Gasteiger partial charge in [0.15, 0.2) is 0 Å². The van der Waals surface area contributed by atoms with Gasteiger partial charge in [-0.2, -0.15) is 0 Å². The summed E-state index contributed by atoms with van der Waals surface area (Å²) in [7, 11) is 4.05. The Labute approximate surface area is 127 Å². The van der Waals surface area contributed by atoms with Gasteiger partial charge < -0.3 is 15.5 Å². The number of carbonyl (C=O) groups excluding carboxylic acids is 1. The van der Waals surface area contributed by atoms with Crippen LogP contribution in [0.3, 0.4) is 0 Å². The Hall–Kier alpha value is -1.26. The highest BCUT2D eigenvalue weighted by atomic mass is 35.5. The molecule has 1 amide bonds. The second-order valence-electron chi connectivity index (χ2n) is 5.47. The predicted octanol–water partition coefficient (Wildman–Crippen LogP) is 2.19. The van der Waals surface area contributed by atoms with Gasteiger partial charge in [0.05, 0.1) is 12.1 Å². The third kappa shape index (κ3) is 3.44. The van der Waals surface area contributed by atoms with E-state index in [2.05, 4.69) is 29.2 Å². The van der Waals surface area contributed by atoms with Crippen molar-refractivity contribution in [1.82, 2.24) is 4.90 Å². The predicted molar refractivity (Wildman–Crippen MR) is 85.4 cm³/mol. The summed E-state index contributed by atoms with van der Waals surface area (Å²) in [5, 5.41) is 0. The fraction of sp³-hybridized carbons (Fsp3) is 0.533. The van der Waals surface area contributed by atoms with Crippen LogP contribution in [0.1, 0.15) is 31.4 Å². The third-order valence-electron chi connectivity index (χ3n) is 3.70. The fourth-order valence-electron chi connectivity index (χ4n) is 2.65. The first kappa shape index (κ1) is 16.8. The highest BCUT2D eigenvalue weighted by Gasteiger charge is 2.31. The van der Waals surface area contributed by atoms with Crippen molar-refractivity contribution in [2.45, 2.75) is 31.8 Å². The number of hydrogen-bond donors (Lipinski definition) is 1. The van der Waals surface area contributed by atoms with Crippen LogP contribution < -0.4 is 10.6 Å². The van der Waals surface area contributed by atoms with E-state index in [0.29, 0.717) is 0 Å². The molecule has 1 fully saturated rings. The van der Waals surface area contributed by atoms with Crippen molar-refractivity contribution < 1.29 is 4.79 Å². The summed E-state index contributed by atoms with van der Waals surface area (Å²) in [6, 6.07) is 8.16. The minimum absolute atomic E-state index is 0. The molecule has 1 aliphatic rings. The number of nitrogens with two attached hydrogens (primary N) is 1. The Morgan fingerprint density at radius 1 is 1.45 bits per heavy atom. The number of amides is 1. The molecule has 1 saturated heterocycles. The van der Waals surface area contributed by atoms with Crippen molar-refractivity contribution >= 4 is 24.0 Å². The molecule has 20 heavy (non-hydrogen) atoms. The molecule has 0 spiro atoms. The van der Waals surface area contributed by atoms with Gasteiger partial charge in [-0.1, -0.05) is 12.1 Å². The molecule has 0 aliphatic carbocycles. The lowest BCUT2D eigenvalue weighted by Gasteiger charge is -2.27. The molecular weight excluding hydrogens is 274 g/mol. The molecule has 1 aromatic carbocycles. The number of likely N-dealkylation sites (tertiary alicyclic amines) is 1. The first-order valence-corrected chi connectivity index (χ1v) is 6.84. The number of halogens is 1. The van der Waals surface area contributed by atoms with Crippen LogP contribution in [0.2, 0.25) is 0 Å². The number of hydrogen-bond acceptors (Lipinski definition) is 3. The molecule has 0 saturated carbocycles. The summed E-state index contributed by atoms with van der Waals surface area (Å²) in [6.45, 7) is 2.57. The molecule has 0 radical (unpaired) electrons. The number of carbonyl (C=O) groups is 1. The smallest absolute Gasteiger partial charge is 0.239 e. The maximum absolute atomic E-state index is 12.1. The minimum Gasteiger partial charge on any atom is -0.378 e. The van der Waals surface area contributed by atoms with Crippen molar-refractivity contribution in [1.29, 1.82) is 0 Å². The van der Waals surface area contributed by atoms with Crippen molar-refractivity contribution in [2.24, 2.45) is 5.73 Å². The standard InChI is InChI=1S/C15H23N3O.ClH/c1-11(16)15(19)18-9-5-8-14(18)12-6-4-7-13(10-12)17(2)3;/h4,6-7,10-11,14H,5,8-9,16H2,1-3H3;1H. The molecule has 2 unspecified atom stereocenters. The van der Waals surface area contributed by atoms with Gasteiger partial charge in [-0.05, 0) is 37.5 Å². The topological polar surface area (TPSA) is 49.6 Å². The maximum Gasteiger partial charge on any atom is 0.239 e. The molecular formula is C15H24ClN3O. The van der Waals surface area contributed by atoms with Gasteiger partial charge in [0.2, 0.25) is 5.91 Å². The van der Waals surface area contributed by atoms with Crippen LogP contribution in [0.15, 0.2) is 24.3 Å². The first-order chi connectivity index (χ1) is 9.00. The van der Waals surface area contributed by atoms with Crippen molar-refractivity contribution in [3.8, 4) is 0 Å². The van der Waals surface area contributed by atoms with Crippen LogP contribution in [-0.2, 0) is 4.79 Å². The average Bonchev–Trinajstić information content (AvgIpc) is 2.86. The van der Waals surface area contributed by atoms with Gasteiger partial charge in [-0.3, -0.25) is 4.79 Å². The van der Waals surface area contributed by atoms with Gasteiger partial charge in [0.25, 0.3) is 0 Å². The molecule has 0 bridgehead atoms. The average molecular weight is 298 g/mol. The number of anilines is 1. The van der Waals surface area contributed by atoms with E-state index in [0.717, 1.165) is 25.1 Å². The van der Waals surface area contributed by atoms with Crippen molar-refractivity contribution in [2.75, 3.05) is 25.5 Å². The van der Waals surface area contributed by atoms with Crippen LogP contribution in [0.25, 0.3) is 0 Å². The fourth-order valence-corrected chi connectivity index (χ4v) is 2.65. The lowest BCUT2D eigenvalue weighted by Crippen LogP contribution is -2.41. The van der Waals surface area contributed by atoms with E-state index in [4.69, 9.17) is 5.73 Å². The van der Waals surface area contributed by atoms with E-state index in [1.807, 2.05) is 19.0 Å².